The van der Waals surface area contributed by atoms with E-state index in [0.717, 1.165) is 18.8 Å². The maximum atomic E-state index is 4.37. The lowest BCUT2D eigenvalue weighted by Crippen LogP contribution is -2.43. The van der Waals surface area contributed by atoms with Crippen LogP contribution in [0.25, 0.3) is 0 Å². The van der Waals surface area contributed by atoms with Gasteiger partial charge in [0.15, 0.2) is 0 Å². The zero-order valence-electron chi connectivity index (χ0n) is 10.8. The van der Waals surface area contributed by atoms with Gasteiger partial charge in [-0.2, -0.15) is 0 Å². The Hall–Kier alpha value is -1.00. The minimum Gasteiger partial charge on any atom is -0.313 e. The van der Waals surface area contributed by atoms with Crippen molar-refractivity contribution in [3.63, 3.8) is 0 Å². The molecule has 0 aliphatic carbocycles. The van der Waals surface area contributed by atoms with Crippen LogP contribution in [0.3, 0.4) is 0 Å². The van der Waals surface area contributed by atoms with Gasteiger partial charge in [0.1, 0.15) is 0 Å². The molecular formula is C13H22N4. The smallest absolute Gasteiger partial charge is 0.0755 e. The number of hydrogen-bond acceptors (Lipinski definition) is 4. The Morgan fingerprint density at radius 3 is 3.00 bits per heavy atom. The number of piperidine rings is 1. The van der Waals surface area contributed by atoms with E-state index < -0.39 is 0 Å². The summed E-state index contributed by atoms with van der Waals surface area (Å²) in [6, 6.07) is 0.959. The normalized spacial score (nSPS) is 22.6. The van der Waals surface area contributed by atoms with Crippen LogP contribution in [-0.2, 0) is 0 Å². The first-order valence-electron chi connectivity index (χ1n) is 6.47. The number of nitrogens with one attached hydrogen (secondary N) is 1. The van der Waals surface area contributed by atoms with Crippen LogP contribution in [-0.4, -0.2) is 41.0 Å². The van der Waals surface area contributed by atoms with Gasteiger partial charge in [0, 0.05) is 31.2 Å². The molecule has 2 rings (SSSR count). The van der Waals surface area contributed by atoms with Crippen molar-refractivity contribution in [1.82, 2.24) is 20.2 Å². The first kappa shape index (κ1) is 12.5. The Morgan fingerprint density at radius 2 is 2.35 bits per heavy atom. The molecule has 1 aromatic heterocycles. The van der Waals surface area contributed by atoms with Crippen LogP contribution >= 0.6 is 0 Å². The number of aromatic nitrogens is 2. The van der Waals surface area contributed by atoms with Gasteiger partial charge < -0.3 is 5.32 Å². The molecule has 0 unspecified atom stereocenters. The molecule has 2 atom stereocenters. The Labute approximate surface area is 103 Å². The van der Waals surface area contributed by atoms with Crippen LogP contribution in [0.5, 0.6) is 0 Å². The summed E-state index contributed by atoms with van der Waals surface area (Å²) in [6.45, 7) is 4.43. The fourth-order valence-corrected chi connectivity index (χ4v) is 2.34. The fourth-order valence-electron chi connectivity index (χ4n) is 2.34. The molecule has 1 N–H and O–H groups in total. The predicted octanol–water partition coefficient (Wildman–Crippen LogP) is 1.61. The van der Waals surface area contributed by atoms with Crippen LogP contribution in [0, 0.1) is 0 Å². The van der Waals surface area contributed by atoms with Gasteiger partial charge in [0.2, 0.25) is 0 Å². The van der Waals surface area contributed by atoms with E-state index in [0.29, 0.717) is 12.1 Å². The molecule has 0 spiro atoms. The summed E-state index contributed by atoms with van der Waals surface area (Å²) in [7, 11) is 2.16. The first-order chi connectivity index (χ1) is 8.27. The second-order valence-electron chi connectivity index (χ2n) is 4.89. The minimum atomic E-state index is 0.326. The summed E-state index contributed by atoms with van der Waals surface area (Å²) in [4.78, 5) is 10.9. The summed E-state index contributed by atoms with van der Waals surface area (Å²) in [5.74, 6) is 0. The van der Waals surface area contributed by atoms with Crippen molar-refractivity contribution >= 4 is 0 Å². The monoisotopic (exact) mass is 234 g/mol. The van der Waals surface area contributed by atoms with Crippen molar-refractivity contribution in [1.29, 1.82) is 0 Å². The summed E-state index contributed by atoms with van der Waals surface area (Å²) in [5, 5.41) is 3.58. The predicted molar refractivity (Wildman–Crippen MR) is 68.7 cm³/mol. The Balaban J connectivity index is 1.88. The maximum Gasteiger partial charge on any atom is 0.0755 e. The second-order valence-corrected chi connectivity index (χ2v) is 4.89. The number of rotatable bonds is 4. The van der Waals surface area contributed by atoms with Gasteiger partial charge in [0.25, 0.3) is 0 Å². The molecule has 0 radical (unpaired) electrons. The van der Waals surface area contributed by atoms with E-state index in [1.807, 2.05) is 6.20 Å². The highest BCUT2D eigenvalue weighted by molar-refractivity contribution is 5.01. The molecule has 4 nitrogen and oxygen atoms in total. The summed E-state index contributed by atoms with van der Waals surface area (Å²) < 4.78 is 0. The van der Waals surface area contributed by atoms with Gasteiger partial charge in [-0.25, -0.2) is 0 Å². The van der Waals surface area contributed by atoms with E-state index in [-0.39, 0.29) is 0 Å². The Bertz CT molecular complexity index is 321. The van der Waals surface area contributed by atoms with Crippen molar-refractivity contribution in [3.05, 3.63) is 24.3 Å². The van der Waals surface area contributed by atoms with E-state index in [4.69, 9.17) is 0 Å². The molecule has 1 aliphatic heterocycles. The minimum absolute atomic E-state index is 0.326. The largest absolute Gasteiger partial charge is 0.313 e. The van der Waals surface area contributed by atoms with E-state index >= 15 is 0 Å². The third-order valence-electron chi connectivity index (χ3n) is 3.59. The lowest BCUT2D eigenvalue weighted by molar-refractivity contribution is 0.211. The number of nitrogens with zero attached hydrogens (tertiary/aromatic N) is 3. The lowest BCUT2D eigenvalue weighted by atomic mass is 10.0. The molecule has 1 saturated heterocycles. The van der Waals surface area contributed by atoms with Gasteiger partial charge in [-0.05, 0) is 33.4 Å². The second kappa shape index (κ2) is 6.07. The molecule has 1 aromatic rings. The number of likely N-dealkylation sites (N-methyl/N-ethyl adjacent to an activating group) is 1. The van der Waals surface area contributed by atoms with Crippen LogP contribution in [0.15, 0.2) is 18.6 Å². The standard InChI is InChI=1S/C13H22N4/c1-11(13-9-14-7-8-16-13)17(2)10-12-5-3-4-6-15-12/h7-9,11-12,15H,3-6,10H2,1-2H3/t11-,12-/m0/s1. The molecule has 0 aromatic carbocycles. The first-order valence-corrected chi connectivity index (χ1v) is 6.47. The average Bonchev–Trinajstić information content (AvgIpc) is 2.40. The van der Waals surface area contributed by atoms with Crippen LogP contribution in [0.2, 0.25) is 0 Å². The van der Waals surface area contributed by atoms with Crippen molar-refractivity contribution in [2.45, 2.75) is 38.3 Å². The highest BCUT2D eigenvalue weighted by atomic mass is 15.2. The Morgan fingerprint density at radius 1 is 1.47 bits per heavy atom. The highest BCUT2D eigenvalue weighted by Gasteiger charge is 2.19. The van der Waals surface area contributed by atoms with Gasteiger partial charge in [-0.1, -0.05) is 6.42 Å². The van der Waals surface area contributed by atoms with Gasteiger partial charge in [-0.15, -0.1) is 0 Å². The third-order valence-corrected chi connectivity index (χ3v) is 3.59. The molecule has 2 heterocycles. The molecule has 0 bridgehead atoms. The molecule has 1 aliphatic rings. The summed E-state index contributed by atoms with van der Waals surface area (Å²) >= 11 is 0. The van der Waals surface area contributed by atoms with Crippen molar-refractivity contribution in [3.8, 4) is 0 Å². The zero-order chi connectivity index (χ0) is 12.1. The fraction of sp³-hybridized carbons (Fsp3) is 0.692. The topological polar surface area (TPSA) is 41.1 Å². The van der Waals surface area contributed by atoms with Gasteiger partial charge in [0.05, 0.1) is 11.7 Å². The number of hydrogen-bond donors (Lipinski definition) is 1. The maximum absolute atomic E-state index is 4.37. The van der Waals surface area contributed by atoms with Gasteiger partial charge in [-0.3, -0.25) is 14.9 Å². The highest BCUT2D eigenvalue weighted by Crippen LogP contribution is 2.17. The molecule has 1 fully saturated rings. The van der Waals surface area contributed by atoms with E-state index in [1.165, 1.54) is 19.3 Å². The lowest BCUT2D eigenvalue weighted by Gasteiger charge is -2.31. The molecular weight excluding hydrogens is 212 g/mol. The molecule has 94 valence electrons. The SMILES string of the molecule is C[C@@H](c1cnccn1)N(C)C[C@@H]1CCCCN1. The molecule has 0 saturated carbocycles. The molecule has 17 heavy (non-hydrogen) atoms. The third kappa shape index (κ3) is 3.48. The summed E-state index contributed by atoms with van der Waals surface area (Å²) in [6.07, 6.45) is 9.30. The van der Waals surface area contributed by atoms with E-state index in [2.05, 4.69) is 34.2 Å². The summed E-state index contributed by atoms with van der Waals surface area (Å²) in [5.41, 5.74) is 1.05. The van der Waals surface area contributed by atoms with E-state index in [9.17, 15) is 0 Å². The van der Waals surface area contributed by atoms with Crippen LogP contribution in [0.1, 0.15) is 37.9 Å². The van der Waals surface area contributed by atoms with Crippen molar-refractivity contribution < 1.29 is 0 Å². The Kier molecular flexibility index (Phi) is 4.45. The van der Waals surface area contributed by atoms with Crippen molar-refractivity contribution in [2.75, 3.05) is 20.1 Å². The van der Waals surface area contributed by atoms with Crippen LogP contribution in [0.4, 0.5) is 0 Å². The van der Waals surface area contributed by atoms with Crippen molar-refractivity contribution in [2.24, 2.45) is 0 Å². The average molecular weight is 234 g/mol. The quantitative estimate of drug-likeness (QED) is 0.859. The molecule has 0 amide bonds. The van der Waals surface area contributed by atoms with Gasteiger partial charge >= 0.3 is 0 Å². The molecule has 4 heteroatoms. The van der Waals surface area contributed by atoms with Crippen LogP contribution < -0.4 is 5.32 Å². The van der Waals surface area contributed by atoms with E-state index in [1.54, 1.807) is 12.4 Å². The zero-order valence-corrected chi connectivity index (χ0v) is 10.8.